The fourth-order valence-corrected chi connectivity index (χ4v) is 1.30. The van der Waals surface area contributed by atoms with Gasteiger partial charge in [-0.3, -0.25) is 4.79 Å². The number of hydrogen-bond acceptors (Lipinski definition) is 2. The number of rotatable bonds is 1. The van der Waals surface area contributed by atoms with Crippen LogP contribution in [0.1, 0.15) is 24.8 Å². The summed E-state index contributed by atoms with van der Waals surface area (Å²) in [7, 11) is 0. The number of hydrogen-bond donors (Lipinski definition) is 2. The average molecular weight is 193 g/mol. The van der Waals surface area contributed by atoms with Crippen LogP contribution in [0.4, 0.5) is 0 Å². The van der Waals surface area contributed by atoms with Crippen molar-refractivity contribution in [3.8, 4) is 0 Å². The van der Waals surface area contributed by atoms with E-state index in [-0.39, 0.29) is 0 Å². The third-order valence-corrected chi connectivity index (χ3v) is 2.07. The SMILES string of the molecule is CC(=O)O.N[C@@H]1C[C@H]1c1ccccc1. The van der Waals surface area contributed by atoms with Crippen LogP contribution in [0, 0.1) is 0 Å². The Kier molecular flexibility index (Phi) is 3.65. The van der Waals surface area contributed by atoms with Gasteiger partial charge in [0.1, 0.15) is 0 Å². The molecule has 0 aliphatic heterocycles. The van der Waals surface area contributed by atoms with E-state index in [2.05, 4.69) is 24.3 Å². The predicted octanol–water partition coefficient (Wildman–Crippen LogP) is 1.59. The molecule has 2 rings (SSSR count). The van der Waals surface area contributed by atoms with Gasteiger partial charge in [-0.2, -0.15) is 0 Å². The summed E-state index contributed by atoms with van der Waals surface area (Å²) in [5.74, 6) is -0.179. The highest BCUT2D eigenvalue weighted by Gasteiger charge is 2.34. The third-order valence-electron chi connectivity index (χ3n) is 2.07. The van der Waals surface area contributed by atoms with Gasteiger partial charge in [-0.25, -0.2) is 0 Å². The minimum absolute atomic E-state index is 0.433. The first kappa shape index (κ1) is 10.7. The van der Waals surface area contributed by atoms with Gasteiger partial charge in [-0.15, -0.1) is 0 Å². The molecule has 14 heavy (non-hydrogen) atoms. The fourth-order valence-electron chi connectivity index (χ4n) is 1.30. The zero-order valence-electron chi connectivity index (χ0n) is 8.18. The Morgan fingerprint density at radius 2 is 1.86 bits per heavy atom. The number of carboxylic acid groups (broad SMARTS) is 1. The van der Waals surface area contributed by atoms with Crippen LogP contribution >= 0.6 is 0 Å². The molecule has 1 aliphatic rings. The van der Waals surface area contributed by atoms with Crippen molar-refractivity contribution in [1.82, 2.24) is 0 Å². The zero-order valence-corrected chi connectivity index (χ0v) is 8.18. The first-order valence-corrected chi connectivity index (χ1v) is 4.61. The van der Waals surface area contributed by atoms with Gasteiger partial charge >= 0.3 is 0 Å². The highest BCUT2D eigenvalue weighted by molar-refractivity contribution is 5.62. The lowest BCUT2D eigenvalue weighted by atomic mass is 10.1. The molecule has 0 amide bonds. The van der Waals surface area contributed by atoms with E-state index >= 15 is 0 Å². The molecule has 1 aromatic rings. The van der Waals surface area contributed by atoms with Crippen molar-refractivity contribution in [2.45, 2.75) is 25.3 Å². The molecule has 0 aromatic heterocycles. The quantitative estimate of drug-likeness (QED) is 0.712. The van der Waals surface area contributed by atoms with E-state index in [4.69, 9.17) is 15.6 Å². The molecule has 1 saturated carbocycles. The van der Waals surface area contributed by atoms with E-state index in [9.17, 15) is 0 Å². The topological polar surface area (TPSA) is 63.3 Å². The second kappa shape index (κ2) is 4.77. The summed E-state index contributed by atoms with van der Waals surface area (Å²) < 4.78 is 0. The van der Waals surface area contributed by atoms with E-state index in [1.807, 2.05) is 6.07 Å². The Labute approximate surface area is 83.6 Å². The highest BCUT2D eigenvalue weighted by Crippen LogP contribution is 2.38. The molecule has 1 aromatic carbocycles. The van der Waals surface area contributed by atoms with Crippen molar-refractivity contribution in [1.29, 1.82) is 0 Å². The lowest BCUT2D eigenvalue weighted by Crippen LogP contribution is -2.00. The van der Waals surface area contributed by atoms with E-state index in [1.165, 1.54) is 12.0 Å². The number of benzene rings is 1. The summed E-state index contributed by atoms with van der Waals surface area (Å²) in [5.41, 5.74) is 7.10. The van der Waals surface area contributed by atoms with Gasteiger partial charge in [-0.1, -0.05) is 30.3 Å². The number of nitrogens with two attached hydrogens (primary N) is 1. The van der Waals surface area contributed by atoms with Gasteiger partial charge in [0, 0.05) is 18.9 Å². The van der Waals surface area contributed by atoms with Crippen LogP contribution in [0.3, 0.4) is 0 Å². The molecule has 3 heteroatoms. The Hall–Kier alpha value is -1.35. The Morgan fingerprint density at radius 3 is 2.21 bits per heavy atom. The maximum Gasteiger partial charge on any atom is 0.300 e. The monoisotopic (exact) mass is 193 g/mol. The normalized spacial score (nSPS) is 23.3. The number of aliphatic carboxylic acids is 1. The van der Waals surface area contributed by atoms with Crippen molar-refractivity contribution in [2.75, 3.05) is 0 Å². The maximum absolute atomic E-state index is 9.00. The van der Waals surface area contributed by atoms with Crippen LogP contribution in [0.2, 0.25) is 0 Å². The van der Waals surface area contributed by atoms with Gasteiger partial charge < -0.3 is 10.8 Å². The number of carboxylic acids is 1. The lowest BCUT2D eigenvalue weighted by Gasteiger charge is -1.94. The number of carbonyl (C=O) groups is 1. The molecule has 3 nitrogen and oxygen atoms in total. The van der Waals surface area contributed by atoms with Crippen LogP contribution in [0.15, 0.2) is 30.3 Å². The van der Waals surface area contributed by atoms with E-state index in [1.54, 1.807) is 0 Å². The summed E-state index contributed by atoms with van der Waals surface area (Å²) >= 11 is 0. The molecular formula is C11H15NO2. The standard InChI is InChI=1S/C9H11N.C2H4O2/c10-9-6-8(9)7-4-2-1-3-5-7;1-2(3)4/h1-5,8-9H,6,10H2;1H3,(H,3,4)/t8-,9+;/m0./s1. The molecule has 2 atom stereocenters. The van der Waals surface area contributed by atoms with Crippen LogP contribution in [0.5, 0.6) is 0 Å². The molecule has 76 valence electrons. The minimum atomic E-state index is -0.833. The maximum atomic E-state index is 9.00. The lowest BCUT2D eigenvalue weighted by molar-refractivity contribution is -0.134. The summed E-state index contributed by atoms with van der Waals surface area (Å²) in [6, 6.07) is 10.9. The average Bonchev–Trinajstić information content (AvgIpc) is 2.83. The summed E-state index contributed by atoms with van der Waals surface area (Å²) in [6.45, 7) is 1.08. The van der Waals surface area contributed by atoms with E-state index in [0.717, 1.165) is 6.92 Å². The van der Waals surface area contributed by atoms with Gasteiger partial charge in [-0.05, 0) is 12.0 Å². The minimum Gasteiger partial charge on any atom is -0.481 e. The molecule has 0 radical (unpaired) electrons. The molecular weight excluding hydrogens is 178 g/mol. The van der Waals surface area contributed by atoms with Gasteiger partial charge in [0.15, 0.2) is 0 Å². The molecule has 1 fully saturated rings. The van der Waals surface area contributed by atoms with E-state index < -0.39 is 5.97 Å². The summed E-state index contributed by atoms with van der Waals surface area (Å²) in [4.78, 5) is 9.00. The van der Waals surface area contributed by atoms with Crippen molar-refractivity contribution in [2.24, 2.45) is 5.73 Å². The van der Waals surface area contributed by atoms with Gasteiger partial charge in [0.05, 0.1) is 0 Å². The molecule has 0 spiro atoms. The fraction of sp³-hybridized carbons (Fsp3) is 0.364. The third kappa shape index (κ3) is 3.58. The van der Waals surface area contributed by atoms with Crippen LogP contribution in [-0.4, -0.2) is 17.1 Å². The van der Waals surface area contributed by atoms with Crippen LogP contribution in [0.25, 0.3) is 0 Å². The molecule has 0 saturated heterocycles. The highest BCUT2D eigenvalue weighted by atomic mass is 16.4. The smallest absolute Gasteiger partial charge is 0.300 e. The van der Waals surface area contributed by atoms with Crippen molar-refractivity contribution in [3.05, 3.63) is 35.9 Å². The van der Waals surface area contributed by atoms with Gasteiger partial charge in [0.2, 0.25) is 0 Å². The van der Waals surface area contributed by atoms with Crippen LogP contribution in [-0.2, 0) is 4.79 Å². The second-order valence-electron chi connectivity index (χ2n) is 3.44. The summed E-state index contributed by atoms with van der Waals surface area (Å²) in [6.07, 6.45) is 1.17. The largest absolute Gasteiger partial charge is 0.481 e. The molecule has 3 N–H and O–H groups in total. The van der Waals surface area contributed by atoms with Crippen LogP contribution < -0.4 is 5.73 Å². The Bertz CT molecular complexity index is 293. The van der Waals surface area contributed by atoms with Gasteiger partial charge in [0.25, 0.3) is 5.97 Å². The second-order valence-corrected chi connectivity index (χ2v) is 3.44. The van der Waals surface area contributed by atoms with Crippen molar-refractivity contribution < 1.29 is 9.90 Å². The zero-order chi connectivity index (χ0) is 10.6. The molecule has 0 bridgehead atoms. The van der Waals surface area contributed by atoms with Crippen molar-refractivity contribution >= 4 is 5.97 Å². The predicted molar refractivity (Wildman–Crippen MR) is 55.1 cm³/mol. The Balaban J connectivity index is 0.000000213. The summed E-state index contributed by atoms with van der Waals surface area (Å²) in [5, 5.41) is 7.42. The van der Waals surface area contributed by atoms with E-state index in [0.29, 0.717) is 12.0 Å². The Morgan fingerprint density at radius 1 is 1.43 bits per heavy atom. The first-order chi connectivity index (χ1) is 6.61. The molecule has 0 heterocycles. The first-order valence-electron chi connectivity index (χ1n) is 4.61. The van der Waals surface area contributed by atoms with Crippen molar-refractivity contribution in [3.63, 3.8) is 0 Å². The molecule has 1 aliphatic carbocycles. The molecule has 0 unspecified atom stereocenters.